The molecular formula is C18H23N3O2S. The summed E-state index contributed by atoms with van der Waals surface area (Å²) in [5.74, 6) is 0. The summed E-state index contributed by atoms with van der Waals surface area (Å²) >= 11 is 0. The van der Waals surface area contributed by atoms with E-state index in [-0.39, 0.29) is 16.9 Å². The average Bonchev–Trinajstić information content (AvgIpc) is 3.19. The zero-order valence-electron chi connectivity index (χ0n) is 14.3. The van der Waals surface area contributed by atoms with Crippen molar-refractivity contribution in [2.75, 3.05) is 6.54 Å². The van der Waals surface area contributed by atoms with Crippen molar-refractivity contribution >= 4 is 10.0 Å². The highest BCUT2D eigenvalue weighted by Gasteiger charge is 2.59. The summed E-state index contributed by atoms with van der Waals surface area (Å²) in [6.45, 7) is 7.21. The molecule has 2 aromatic rings. The zero-order valence-corrected chi connectivity index (χ0v) is 15.1. The molecule has 24 heavy (non-hydrogen) atoms. The lowest BCUT2D eigenvalue weighted by molar-refractivity contribution is 0.138. The highest BCUT2D eigenvalue weighted by Crippen LogP contribution is 2.57. The molecule has 2 unspecified atom stereocenters. The van der Waals surface area contributed by atoms with Crippen LogP contribution in [0, 0.1) is 10.8 Å². The van der Waals surface area contributed by atoms with Crippen LogP contribution in [0.2, 0.25) is 0 Å². The third-order valence-corrected chi connectivity index (χ3v) is 7.44. The van der Waals surface area contributed by atoms with Crippen molar-refractivity contribution in [3.05, 3.63) is 42.7 Å². The fraction of sp³-hybridized carbons (Fsp3) is 0.500. The van der Waals surface area contributed by atoms with Crippen molar-refractivity contribution in [1.82, 2.24) is 14.1 Å². The largest absolute Gasteiger partial charge is 0.243 e. The van der Waals surface area contributed by atoms with Crippen LogP contribution in [0.15, 0.2) is 47.6 Å². The van der Waals surface area contributed by atoms with Crippen LogP contribution in [0.1, 0.15) is 33.6 Å². The second-order valence-electron chi connectivity index (χ2n) is 8.19. The van der Waals surface area contributed by atoms with Crippen LogP contribution in [0.3, 0.4) is 0 Å². The quantitative estimate of drug-likeness (QED) is 0.859. The van der Waals surface area contributed by atoms with Gasteiger partial charge in [-0.05, 0) is 54.0 Å². The Kier molecular flexibility index (Phi) is 3.25. The first-order valence-electron chi connectivity index (χ1n) is 8.33. The Bertz CT molecular complexity index is 853. The van der Waals surface area contributed by atoms with Gasteiger partial charge in [-0.3, -0.25) is 0 Å². The fourth-order valence-corrected chi connectivity index (χ4v) is 6.64. The Morgan fingerprint density at radius 3 is 2.42 bits per heavy atom. The Balaban J connectivity index is 1.66. The van der Waals surface area contributed by atoms with Gasteiger partial charge in [-0.25, -0.2) is 13.1 Å². The van der Waals surface area contributed by atoms with Crippen molar-refractivity contribution in [1.29, 1.82) is 0 Å². The predicted octanol–water partition coefficient (Wildman–Crippen LogP) is 3.07. The van der Waals surface area contributed by atoms with Gasteiger partial charge in [0.1, 0.15) is 0 Å². The van der Waals surface area contributed by atoms with E-state index in [2.05, 4.69) is 25.9 Å². The van der Waals surface area contributed by atoms with Gasteiger partial charge in [0.25, 0.3) is 0 Å². The van der Waals surface area contributed by atoms with Crippen LogP contribution < -0.4 is 0 Å². The SMILES string of the molecule is CC12CC(N(S(=O)(=O)c3ccc(-n4cccn4)cc3)C1)C(C)(C)C2. The van der Waals surface area contributed by atoms with Crippen molar-refractivity contribution < 1.29 is 8.42 Å². The van der Waals surface area contributed by atoms with Gasteiger partial charge in [0, 0.05) is 25.0 Å². The highest BCUT2D eigenvalue weighted by molar-refractivity contribution is 7.89. The summed E-state index contributed by atoms with van der Waals surface area (Å²) in [6, 6.07) is 8.93. The summed E-state index contributed by atoms with van der Waals surface area (Å²) < 4.78 is 29.8. The minimum absolute atomic E-state index is 0.0368. The van der Waals surface area contributed by atoms with E-state index < -0.39 is 10.0 Å². The standard InChI is InChI=1S/C18H23N3O2S/c1-17(2)12-18(3)11-16(17)21(13-18)24(22,23)15-7-5-14(6-8-15)20-10-4-9-19-20/h4-10,16H,11-13H2,1-3H3. The van der Waals surface area contributed by atoms with Crippen LogP contribution in [-0.2, 0) is 10.0 Å². The van der Waals surface area contributed by atoms with Crippen molar-refractivity contribution in [2.45, 2.75) is 44.6 Å². The molecule has 4 rings (SSSR count). The minimum atomic E-state index is -3.46. The number of piperidine rings is 1. The lowest BCUT2D eigenvalue weighted by atomic mass is 9.80. The molecule has 2 heterocycles. The number of hydrogen-bond donors (Lipinski definition) is 0. The smallest absolute Gasteiger partial charge is 0.241 e. The fourth-order valence-electron chi connectivity index (χ4n) is 4.71. The van der Waals surface area contributed by atoms with Crippen LogP contribution >= 0.6 is 0 Å². The number of sulfonamides is 1. The second kappa shape index (κ2) is 4.92. The number of nitrogens with zero attached hydrogens (tertiary/aromatic N) is 3. The van der Waals surface area contributed by atoms with Crippen LogP contribution in [0.5, 0.6) is 0 Å². The highest BCUT2D eigenvalue weighted by atomic mass is 32.2. The van der Waals surface area contributed by atoms with E-state index in [0.717, 1.165) is 18.5 Å². The van der Waals surface area contributed by atoms with Gasteiger partial charge in [0.2, 0.25) is 10.0 Å². The molecule has 0 radical (unpaired) electrons. The van der Waals surface area contributed by atoms with E-state index in [4.69, 9.17) is 0 Å². The third kappa shape index (κ3) is 2.31. The molecule has 2 atom stereocenters. The molecule has 2 aliphatic rings. The molecule has 0 amide bonds. The summed E-state index contributed by atoms with van der Waals surface area (Å²) in [4.78, 5) is 0.366. The molecule has 2 fully saturated rings. The molecule has 1 saturated heterocycles. The first-order valence-corrected chi connectivity index (χ1v) is 9.77. The van der Waals surface area contributed by atoms with E-state index in [9.17, 15) is 8.42 Å². The molecular weight excluding hydrogens is 322 g/mol. The first kappa shape index (κ1) is 15.8. The number of hydrogen-bond acceptors (Lipinski definition) is 3. The molecule has 1 aromatic heterocycles. The van der Waals surface area contributed by atoms with Crippen LogP contribution in [-0.4, -0.2) is 35.1 Å². The summed E-state index contributed by atoms with van der Waals surface area (Å²) in [6.07, 6.45) is 5.60. The van der Waals surface area contributed by atoms with Gasteiger partial charge in [-0.1, -0.05) is 20.8 Å². The van der Waals surface area contributed by atoms with Crippen LogP contribution in [0.4, 0.5) is 0 Å². The molecule has 1 saturated carbocycles. The molecule has 2 bridgehead atoms. The van der Waals surface area contributed by atoms with Crippen molar-refractivity contribution in [3.8, 4) is 5.69 Å². The molecule has 128 valence electrons. The third-order valence-electron chi connectivity index (χ3n) is 5.57. The minimum Gasteiger partial charge on any atom is -0.241 e. The molecule has 1 aliphatic heterocycles. The van der Waals surface area contributed by atoms with E-state index >= 15 is 0 Å². The zero-order chi connectivity index (χ0) is 17.2. The molecule has 0 N–H and O–H groups in total. The topological polar surface area (TPSA) is 55.2 Å². The monoisotopic (exact) mass is 345 g/mol. The summed E-state index contributed by atoms with van der Waals surface area (Å²) in [5, 5.41) is 4.17. The van der Waals surface area contributed by atoms with Gasteiger partial charge in [0.05, 0.1) is 10.6 Å². The van der Waals surface area contributed by atoms with E-state index in [1.165, 1.54) is 0 Å². The van der Waals surface area contributed by atoms with Crippen molar-refractivity contribution in [2.24, 2.45) is 10.8 Å². The molecule has 1 aromatic carbocycles. The predicted molar refractivity (Wildman–Crippen MR) is 92.4 cm³/mol. The van der Waals surface area contributed by atoms with Gasteiger partial charge < -0.3 is 0 Å². The van der Waals surface area contributed by atoms with Crippen LogP contribution in [0.25, 0.3) is 5.69 Å². The first-order chi connectivity index (χ1) is 11.2. The van der Waals surface area contributed by atoms with Gasteiger partial charge in [-0.15, -0.1) is 0 Å². The van der Waals surface area contributed by atoms with E-state index in [1.54, 1.807) is 39.4 Å². The summed E-state index contributed by atoms with van der Waals surface area (Å²) in [5.41, 5.74) is 1.000. The maximum absolute atomic E-state index is 13.2. The molecule has 1 aliphatic carbocycles. The molecule has 0 spiro atoms. The Hall–Kier alpha value is -1.66. The molecule has 5 nitrogen and oxygen atoms in total. The van der Waals surface area contributed by atoms with E-state index in [1.807, 2.05) is 12.3 Å². The number of benzene rings is 1. The maximum atomic E-state index is 13.2. The molecule has 6 heteroatoms. The Morgan fingerprint density at radius 2 is 1.88 bits per heavy atom. The average molecular weight is 345 g/mol. The Morgan fingerprint density at radius 1 is 1.17 bits per heavy atom. The normalized spacial score (nSPS) is 29.2. The lowest BCUT2D eigenvalue weighted by Gasteiger charge is -2.40. The number of aromatic nitrogens is 2. The van der Waals surface area contributed by atoms with Gasteiger partial charge >= 0.3 is 0 Å². The maximum Gasteiger partial charge on any atom is 0.243 e. The van der Waals surface area contributed by atoms with Gasteiger partial charge in [0.15, 0.2) is 0 Å². The number of rotatable bonds is 3. The van der Waals surface area contributed by atoms with Crippen molar-refractivity contribution in [3.63, 3.8) is 0 Å². The van der Waals surface area contributed by atoms with Gasteiger partial charge in [-0.2, -0.15) is 9.40 Å². The van der Waals surface area contributed by atoms with E-state index in [0.29, 0.717) is 11.4 Å². The Labute approximate surface area is 143 Å². The number of fused-ring (bicyclic) bond motifs is 2. The lowest BCUT2D eigenvalue weighted by Crippen LogP contribution is -2.47. The second-order valence-corrected chi connectivity index (χ2v) is 10.1. The summed E-state index contributed by atoms with van der Waals surface area (Å²) in [7, 11) is -3.46.